The number of piperazine rings is 2. The van der Waals surface area contributed by atoms with Crippen LogP contribution in [0.3, 0.4) is 0 Å². The minimum Gasteiger partial charge on any atom is -0.368 e. The molecule has 75 heavy (non-hydrogen) atoms. The molecule has 20 heteroatoms. The Kier molecular flexibility index (Phi) is 13.9. The fourth-order valence-corrected chi connectivity index (χ4v) is 11.4. The number of fused-ring (bicyclic) bond motifs is 2. The van der Waals surface area contributed by atoms with Crippen molar-refractivity contribution in [1.82, 2.24) is 15.0 Å². The molecule has 0 aliphatic carbocycles. The molecule has 2 aliphatic heterocycles. The predicted octanol–water partition coefficient (Wildman–Crippen LogP) is 11.2. The summed E-state index contributed by atoms with van der Waals surface area (Å²) in [6.07, 6.45) is 0. The number of anilines is 6. The molecule has 0 bridgehead atoms. The molecule has 2 saturated heterocycles. The fourth-order valence-electron chi connectivity index (χ4n) is 9.23. The lowest BCUT2D eigenvalue weighted by molar-refractivity contribution is -0.628. The third-order valence-corrected chi connectivity index (χ3v) is 15.8. The smallest absolute Gasteiger partial charge is 0.368 e. The van der Waals surface area contributed by atoms with Crippen molar-refractivity contribution in [3.8, 4) is 0 Å². The second kappa shape index (κ2) is 21.3. The molecule has 6 aromatic carbocycles. The molecule has 2 N–H and O–H groups in total. The Morgan fingerprint density at radius 3 is 1.31 bits per heavy atom. The van der Waals surface area contributed by atoms with Crippen LogP contribution in [0.15, 0.2) is 154 Å². The van der Waals surface area contributed by atoms with Gasteiger partial charge in [0.2, 0.25) is 17.2 Å². The van der Waals surface area contributed by atoms with E-state index in [1.807, 2.05) is 108 Å². The van der Waals surface area contributed by atoms with E-state index in [0.29, 0.717) is 23.0 Å². The van der Waals surface area contributed by atoms with Crippen LogP contribution in [-0.2, 0) is 14.1 Å². The van der Waals surface area contributed by atoms with Crippen LogP contribution in [0.5, 0.6) is 0 Å². The molecule has 17 nitrogen and oxygen atoms in total. The van der Waals surface area contributed by atoms with Crippen molar-refractivity contribution in [2.24, 2.45) is 34.6 Å². The molecule has 2 amide bonds. The lowest BCUT2D eigenvalue weighted by atomic mass is 10.1. The standard InChI is InChI=1S/C55H50ClN15O2S2/c1-35-31-41(17-19-43(35)62-64-54-66(3)45-21-15-39(33-47(45)74-54)57-49(72)37-11-7-5-8-12-37)68-23-27-70(28-24-68)52-59-51(56)60-53(61-52)71-29-25-69(26-30-71)42-18-20-44(36(2)32-42)63-65-55-67(4)46-22-16-40(34-48(46)75-55)58-50(73)38-13-9-6-10-14-38/h5-22,31-34H,23-30H2,1-4H3/p+2. The summed E-state index contributed by atoms with van der Waals surface area (Å²) in [5.74, 6) is 0.871. The molecule has 376 valence electrons. The number of aromatic nitrogens is 5. The third-order valence-electron chi connectivity index (χ3n) is 13.5. The van der Waals surface area contributed by atoms with Gasteiger partial charge in [0.05, 0.1) is 33.7 Å². The largest absolute Gasteiger partial charge is 0.409 e. The Bertz CT molecular complexity index is 3430. The molecule has 11 rings (SSSR count). The van der Waals surface area contributed by atoms with E-state index in [9.17, 15) is 9.59 Å². The van der Waals surface area contributed by atoms with E-state index in [4.69, 9.17) is 16.6 Å². The maximum atomic E-state index is 12.7. The lowest BCUT2D eigenvalue weighted by Gasteiger charge is -2.38. The van der Waals surface area contributed by atoms with Crippen molar-refractivity contribution in [2.75, 3.05) is 82.6 Å². The van der Waals surface area contributed by atoms with Gasteiger partial charge >= 0.3 is 10.3 Å². The monoisotopic (exact) mass is 1050 g/mol. The van der Waals surface area contributed by atoms with Crippen LogP contribution in [-0.4, -0.2) is 79.1 Å². The summed E-state index contributed by atoms with van der Waals surface area (Å²) >= 11 is 9.62. The van der Waals surface area contributed by atoms with Crippen molar-refractivity contribution >= 4 is 123 Å². The fraction of sp³-hybridized carbons (Fsp3) is 0.218. The summed E-state index contributed by atoms with van der Waals surface area (Å²) in [5, 5.41) is 26.3. The zero-order valence-electron chi connectivity index (χ0n) is 41.7. The van der Waals surface area contributed by atoms with E-state index >= 15 is 0 Å². The maximum absolute atomic E-state index is 12.7. The first-order valence-corrected chi connectivity index (χ1v) is 26.5. The van der Waals surface area contributed by atoms with Crippen LogP contribution >= 0.6 is 34.3 Å². The zero-order valence-corrected chi connectivity index (χ0v) is 44.1. The van der Waals surface area contributed by atoms with Gasteiger partial charge in [0, 0.05) is 86.2 Å². The highest BCUT2D eigenvalue weighted by Gasteiger charge is 2.26. The first-order chi connectivity index (χ1) is 36.5. The quantitative estimate of drug-likeness (QED) is 0.0894. The summed E-state index contributed by atoms with van der Waals surface area (Å²) in [6.45, 7) is 10.1. The number of hydrogen-bond donors (Lipinski definition) is 2. The van der Waals surface area contributed by atoms with Gasteiger partial charge in [0.15, 0.2) is 0 Å². The second-order valence-corrected chi connectivity index (χ2v) is 20.7. The number of thiazole rings is 2. The van der Waals surface area contributed by atoms with Crippen LogP contribution in [0, 0.1) is 13.8 Å². The van der Waals surface area contributed by atoms with E-state index < -0.39 is 0 Å². The zero-order chi connectivity index (χ0) is 51.6. The van der Waals surface area contributed by atoms with Gasteiger partial charge < -0.3 is 30.2 Å². The number of carbonyl (C=O) groups is 2. The molecular weight excluding hydrogens is 1000 g/mol. The average Bonchev–Trinajstić information content (AvgIpc) is 3.93. The van der Waals surface area contributed by atoms with Gasteiger partial charge in [0.25, 0.3) is 11.8 Å². The van der Waals surface area contributed by atoms with Gasteiger partial charge in [-0.25, -0.2) is 9.13 Å². The van der Waals surface area contributed by atoms with E-state index in [0.717, 1.165) is 128 Å². The van der Waals surface area contributed by atoms with Crippen molar-refractivity contribution in [1.29, 1.82) is 0 Å². The van der Waals surface area contributed by atoms with Crippen molar-refractivity contribution in [3.05, 3.63) is 161 Å². The van der Waals surface area contributed by atoms with Gasteiger partial charge in [-0.05, 0) is 167 Å². The Morgan fingerprint density at radius 2 is 0.907 bits per heavy atom. The number of benzene rings is 6. The predicted molar refractivity (Wildman–Crippen MR) is 299 cm³/mol. The Hall–Kier alpha value is -8.26. The van der Waals surface area contributed by atoms with Crippen LogP contribution in [0.4, 0.5) is 56.3 Å². The normalized spacial score (nSPS) is 14.2. The van der Waals surface area contributed by atoms with Gasteiger partial charge in [-0.3, -0.25) is 9.59 Å². The van der Waals surface area contributed by atoms with Gasteiger partial charge in [-0.2, -0.15) is 15.0 Å². The SMILES string of the molecule is Cc1cc(N2CCN(c3nc(Cl)nc(N4CCN(c5ccc(N=Nc6sc7cc(NC(=O)c8ccccc8)ccc7[n+]6C)c(C)c5)CC4)n3)CC2)ccc1N=Nc1sc2cc(NC(=O)c3ccccc3)ccc2[n+]1C. The molecule has 3 aromatic heterocycles. The number of rotatable bonds is 12. The van der Waals surface area contributed by atoms with Crippen molar-refractivity contribution in [2.45, 2.75) is 13.8 Å². The van der Waals surface area contributed by atoms with Crippen LogP contribution in [0.1, 0.15) is 31.8 Å². The molecule has 0 spiro atoms. The highest BCUT2D eigenvalue weighted by atomic mass is 35.5. The summed E-state index contributed by atoms with van der Waals surface area (Å²) in [5.41, 5.74) is 10.6. The molecule has 5 heterocycles. The van der Waals surface area contributed by atoms with Gasteiger partial charge in [-0.1, -0.05) is 36.4 Å². The Labute approximate surface area is 446 Å². The molecule has 0 saturated carbocycles. The summed E-state index contributed by atoms with van der Waals surface area (Å²) in [7, 11) is 3.94. The average molecular weight is 1050 g/mol. The molecule has 0 radical (unpaired) electrons. The van der Waals surface area contributed by atoms with Gasteiger partial charge in [-0.15, -0.1) is 0 Å². The number of carbonyl (C=O) groups excluding carboxylic acids is 2. The van der Waals surface area contributed by atoms with E-state index in [1.165, 1.54) is 22.7 Å². The number of nitrogens with one attached hydrogen (secondary N) is 2. The van der Waals surface area contributed by atoms with Crippen LogP contribution in [0.25, 0.3) is 20.4 Å². The second-order valence-electron chi connectivity index (χ2n) is 18.4. The molecule has 0 unspecified atom stereocenters. The number of aryl methyl sites for hydroxylation is 4. The Morgan fingerprint density at radius 1 is 0.507 bits per heavy atom. The van der Waals surface area contributed by atoms with Crippen LogP contribution < -0.4 is 39.4 Å². The van der Waals surface area contributed by atoms with Gasteiger partial charge in [0.1, 0.15) is 22.4 Å². The lowest BCUT2D eigenvalue weighted by Crippen LogP contribution is -2.48. The number of amides is 2. The number of halogens is 1. The summed E-state index contributed by atoms with van der Waals surface area (Å²) < 4.78 is 6.02. The number of nitrogens with zero attached hydrogens (tertiary/aromatic N) is 13. The number of azo groups is 2. The first-order valence-electron chi connectivity index (χ1n) is 24.5. The molecule has 2 fully saturated rings. The highest BCUT2D eigenvalue weighted by molar-refractivity contribution is 7.21. The minimum atomic E-state index is -0.151. The third kappa shape index (κ3) is 10.7. The summed E-state index contributed by atoms with van der Waals surface area (Å²) in [6, 6.07) is 42.7. The topological polar surface area (TPSA) is 167 Å². The maximum Gasteiger partial charge on any atom is 0.409 e. The number of hydrogen-bond acceptors (Lipinski definition) is 15. The molecule has 0 atom stereocenters. The van der Waals surface area contributed by atoms with E-state index in [2.05, 4.69) is 98.8 Å². The van der Waals surface area contributed by atoms with Crippen molar-refractivity contribution in [3.63, 3.8) is 0 Å². The molecule has 9 aromatic rings. The minimum absolute atomic E-state index is 0.151. The molecular formula is C55H52ClN15O2S2+2. The van der Waals surface area contributed by atoms with E-state index in [1.54, 1.807) is 24.3 Å². The van der Waals surface area contributed by atoms with Crippen molar-refractivity contribution < 1.29 is 18.7 Å². The first kappa shape index (κ1) is 49.0. The Balaban J connectivity index is 0.674. The van der Waals surface area contributed by atoms with Crippen LogP contribution in [0.2, 0.25) is 5.28 Å². The summed E-state index contributed by atoms with van der Waals surface area (Å²) in [4.78, 5) is 48.6. The van der Waals surface area contributed by atoms with E-state index in [-0.39, 0.29) is 17.1 Å². The molecule has 2 aliphatic rings. The highest BCUT2D eigenvalue weighted by Crippen LogP contribution is 2.34.